The van der Waals surface area contributed by atoms with Crippen LogP contribution in [0.3, 0.4) is 0 Å². The smallest absolute Gasteiger partial charge is 0.456 e. The van der Waals surface area contributed by atoms with E-state index in [2.05, 4.69) is 37.1 Å². The minimum atomic E-state index is 0. The molecule has 94 valence electrons. The molecule has 0 saturated carbocycles. The molecule has 2 saturated heterocycles. The molecule has 2 heterocycles. The summed E-state index contributed by atoms with van der Waals surface area (Å²) in [6.07, 6.45) is 5.68. The van der Waals surface area contributed by atoms with Gasteiger partial charge in [-0.3, -0.25) is 6.54 Å². The van der Waals surface area contributed by atoms with Crippen LogP contribution in [0.4, 0.5) is 0 Å². The first-order chi connectivity index (χ1) is 7.65. The van der Waals surface area contributed by atoms with E-state index in [0.717, 1.165) is 6.04 Å². The van der Waals surface area contributed by atoms with Gasteiger partial charge in [0, 0.05) is 6.04 Å². The molecule has 2 nitrogen and oxygen atoms in total. The predicted molar refractivity (Wildman–Crippen MR) is 69.2 cm³/mol. The monoisotopic (exact) mass is 308 g/mol. The standard InChI is InChI=1S/C14H27N2.Rb/c1-4-15-9-5-6-14(12-15)7-10-16(11-8-14)13(2)3;/h4,13H,5-12H2,1-3H3;/q-1;+1. The maximum absolute atomic E-state index is 2.64. The largest absolute Gasteiger partial charge is 1.00 e. The fraction of sp³-hybridized carbons (Fsp3) is 0.929. The van der Waals surface area contributed by atoms with Crippen LogP contribution in [0.5, 0.6) is 0 Å². The second kappa shape index (κ2) is 7.49. The molecule has 0 aromatic carbocycles. The molecule has 2 aliphatic heterocycles. The van der Waals surface area contributed by atoms with E-state index in [1.54, 1.807) is 0 Å². The zero-order valence-corrected chi connectivity index (χ0v) is 17.1. The molecule has 0 aromatic rings. The molecule has 0 N–H and O–H groups in total. The zero-order valence-electron chi connectivity index (χ0n) is 12.2. The van der Waals surface area contributed by atoms with E-state index in [1.807, 2.05) is 0 Å². The van der Waals surface area contributed by atoms with Gasteiger partial charge in [-0.15, -0.1) is 0 Å². The average Bonchev–Trinajstić information content (AvgIpc) is 2.29. The summed E-state index contributed by atoms with van der Waals surface area (Å²) < 4.78 is 0. The number of nitrogens with zero attached hydrogens (tertiary/aromatic N) is 2. The Balaban J connectivity index is 0.00000144. The Morgan fingerprint density at radius 1 is 1.06 bits per heavy atom. The molecular weight excluding hydrogens is 282 g/mol. The van der Waals surface area contributed by atoms with E-state index < -0.39 is 0 Å². The second-order valence-corrected chi connectivity index (χ2v) is 5.96. The van der Waals surface area contributed by atoms with Crippen molar-refractivity contribution in [1.29, 1.82) is 0 Å². The molecule has 3 heteroatoms. The van der Waals surface area contributed by atoms with Crippen LogP contribution in [-0.4, -0.2) is 42.0 Å². The van der Waals surface area contributed by atoms with Gasteiger partial charge in [-0.05, 0) is 71.1 Å². The molecule has 17 heavy (non-hydrogen) atoms. The van der Waals surface area contributed by atoms with E-state index in [4.69, 9.17) is 0 Å². The first kappa shape index (κ1) is 16.8. The molecule has 0 aliphatic carbocycles. The third kappa shape index (κ3) is 4.35. The molecular formula is C14H27N2Rb. The van der Waals surface area contributed by atoms with Crippen LogP contribution in [0.1, 0.15) is 46.5 Å². The summed E-state index contributed by atoms with van der Waals surface area (Å²) in [7, 11) is 0. The fourth-order valence-electron chi connectivity index (χ4n) is 3.39. The van der Waals surface area contributed by atoms with E-state index >= 15 is 0 Å². The average molecular weight is 309 g/mol. The van der Waals surface area contributed by atoms with Crippen LogP contribution in [0.15, 0.2) is 0 Å². The van der Waals surface area contributed by atoms with Crippen molar-refractivity contribution < 1.29 is 58.2 Å². The van der Waals surface area contributed by atoms with Gasteiger partial charge in [0.15, 0.2) is 0 Å². The Labute approximate surface area is 156 Å². The molecule has 2 aliphatic rings. The van der Waals surface area contributed by atoms with E-state index in [-0.39, 0.29) is 58.2 Å². The van der Waals surface area contributed by atoms with Crippen molar-refractivity contribution in [2.45, 2.75) is 52.5 Å². The van der Waals surface area contributed by atoms with Crippen molar-refractivity contribution in [2.24, 2.45) is 5.41 Å². The topological polar surface area (TPSA) is 6.48 Å². The van der Waals surface area contributed by atoms with Crippen molar-refractivity contribution in [3.63, 3.8) is 0 Å². The summed E-state index contributed by atoms with van der Waals surface area (Å²) >= 11 is 0. The van der Waals surface area contributed by atoms with E-state index in [0.29, 0.717) is 5.41 Å². The van der Waals surface area contributed by atoms with Gasteiger partial charge in [0.05, 0.1) is 0 Å². The molecule has 2 fully saturated rings. The van der Waals surface area contributed by atoms with Crippen LogP contribution in [0, 0.1) is 12.0 Å². The Bertz CT molecular complexity index is 222. The molecule has 0 unspecified atom stereocenters. The number of hydrogen-bond donors (Lipinski definition) is 0. The van der Waals surface area contributed by atoms with Gasteiger partial charge in [0.25, 0.3) is 0 Å². The Morgan fingerprint density at radius 2 is 1.71 bits per heavy atom. The zero-order chi connectivity index (χ0) is 11.6. The Kier molecular flexibility index (Phi) is 7.39. The van der Waals surface area contributed by atoms with Gasteiger partial charge in [-0.1, -0.05) is 0 Å². The summed E-state index contributed by atoms with van der Waals surface area (Å²) in [5.41, 5.74) is 0.649. The predicted octanol–water partition coefficient (Wildman–Crippen LogP) is -0.242. The van der Waals surface area contributed by atoms with E-state index in [9.17, 15) is 0 Å². The van der Waals surface area contributed by atoms with Crippen LogP contribution in [0.2, 0.25) is 0 Å². The van der Waals surface area contributed by atoms with Gasteiger partial charge in [0.2, 0.25) is 0 Å². The van der Waals surface area contributed by atoms with Gasteiger partial charge >= 0.3 is 58.2 Å². The normalized spacial score (nSPS) is 26.1. The summed E-state index contributed by atoms with van der Waals surface area (Å²) in [5.74, 6) is 0. The fourth-order valence-corrected chi connectivity index (χ4v) is 3.39. The minimum absolute atomic E-state index is 0. The SMILES string of the molecule is C[CH-]N1CCCC2(CCN(C(C)C)CC2)C1.[Rb+]. The van der Waals surface area contributed by atoms with Crippen LogP contribution in [-0.2, 0) is 0 Å². The Hall–Kier alpha value is 1.73. The van der Waals surface area contributed by atoms with Crippen molar-refractivity contribution >= 4 is 0 Å². The summed E-state index contributed by atoms with van der Waals surface area (Å²) in [4.78, 5) is 5.17. The van der Waals surface area contributed by atoms with Crippen molar-refractivity contribution in [3.8, 4) is 0 Å². The van der Waals surface area contributed by atoms with Crippen molar-refractivity contribution in [1.82, 2.24) is 9.80 Å². The van der Waals surface area contributed by atoms with Crippen LogP contribution >= 0.6 is 0 Å². The molecule has 0 bridgehead atoms. The summed E-state index contributed by atoms with van der Waals surface area (Å²) in [6.45, 7) is 14.3. The van der Waals surface area contributed by atoms with Gasteiger partial charge < -0.3 is 9.80 Å². The summed E-state index contributed by atoms with van der Waals surface area (Å²) in [5, 5.41) is 0. The van der Waals surface area contributed by atoms with Crippen LogP contribution < -0.4 is 58.2 Å². The maximum atomic E-state index is 2.64. The summed E-state index contributed by atoms with van der Waals surface area (Å²) in [6, 6.07) is 0.731. The van der Waals surface area contributed by atoms with Crippen molar-refractivity contribution in [3.05, 3.63) is 6.54 Å². The number of rotatable bonds is 2. The first-order valence-electron chi connectivity index (χ1n) is 6.93. The quantitative estimate of drug-likeness (QED) is 0.650. The number of piperidine rings is 2. The Morgan fingerprint density at radius 3 is 2.24 bits per heavy atom. The molecule has 0 radical (unpaired) electrons. The van der Waals surface area contributed by atoms with Crippen LogP contribution in [0.25, 0.3) is 0 Å². The molecule has 1 spiro atoms. The van der Waals surface area contributed by atoms with Gasteiger partial charge in [0.1, 0.15) is 0 Å². The molecule has 2 rings (SSSR count). The van der Waals surface area contributed by atoms with Gasteiger partial charge in [-0.25, -0.2) is 0 Å². The molecule has 0 amide bonds. The second-order valence-electron chi connectivity index (χ2n) is 5.96. The number of likely N-dealkylation sites (tertiary alicyclic amines) is 2. The van der Waals surface area contributed by atoms with Gasteiger partial charge in [-0.2, -0.15) is 6.92 Å². The third-order valence-corrected chi connectivity index (χ3v) is 4.65. The van der Waals surface area contributed by atoms with E-state index in [1.165, 1.54) is 51.9 Å². The van der Waals surface area contributed by atoms with Crippen molar-refractivity contribution in [2.75, 3.05) is 26.2 Å². The number of hydrogen-bond acceptors (Lipinski definition) is 2. The third-order valence-electron chi connectivity index (χ3n) is 4.65. The maximum Gasteiger partial charge on any atom is 1.00 e. The molecule has 0 atom stereocenters. The first-order valence-corrected chi connectivity index (χ1v) is 6.93. The minimum Gasteiger partial charge on any atom is -0.456 e. The molecule has 0 aromatic heterocycles.